The Morgan fingerprint density at radius 3 is 2.65 bits per heavy atom. The lowest BCUT2D eigenvalue weighted by molar-refractivity contribution is -0.152. The van der Waals surface area contributed by atoms with E-state index in [0.29, 0.717) is 26.0 Å². The number of carbonyl (C=O) groups excluding carboxylic acids is 1. The molecule has 98 valence electrons. The zero-order valence-corrected chi connectivity index (χ0v) is 10.6. The molecule has 1 fully saturated rings. The summed E-state index contributed by atoms with van der Waals surface area (Å²) in [7, 11) is 0. The molecule has 0 aliphatic carbocycles. The number of hydrogen-bond acceptors (Lipinski definition) is 3. The number of carbonyl (C=O) groups is 2. The van der Waals surface area contributed by atoms with E-state index in [4.69, 9.17) is 4.74 Å². The lowest BCUT2D eigenvalue weighted by atomic mass is 9.76. The summed E-state index contributed by atoms with van der Waals surface area (Å²) >= 11 is 0. The molecule has 0 bridgehead atoms. The van der Waals surface area contributed by atoms with Crippen LogP contribution in [-0.2, 0) is 9.53 Å². The molecule has 1 heterocycles. The highest BCUT2D eigenvalue weighted by Crippen LogP contribution is 2.35. The average Bonchev–Trinajstić information content (AvgIpc) is 2.30. The zero-order valence-electron chi connectivity index (χ0n) is 10.6. The van der Waals surface area contributed by atoms with Crippen molar-refractivity contribution >= 4 is 12.1 Å². The van der Waals surface area contributed by atoms with E-state index in [1.54, 1.807) is 6.92 Å². The molecule has 1 atom stereocenters. The Morgan fingerprint density at radius 1 is 1.41 bits per heavy atom. The molecule has 0 aromatic heterocycles. The number of amides is 1. The van der Waals surface area contributed by atoms with Gasteiger partial charge >= 0.3 is 12.1 Å². The van der Waals surface area contributed by atoms with Crippen molar-refractivity contribution in [2.75, 3.05) is 19.7 Å². The van der Waals surface area contributed by atoms with Crippen molar-refractivity contribution < 1.29 is 19.4 Å². The van der Waals surface area contributed by atoms with Gasteiger partial charge in [-0.1, -0.05) is 13.3 Å². The van der Waals surface area contributed by atoms with Crippen LogP contribution in [0.2, 0.25) is 0 Å². The van der Waals surface area contributed by atoms with Crippen LogP contribution in [0.4, 0.5) is 4.79 Å². The zero-order chi connectivity index (χ0) is 12.9. The first-order valence-corrected chi connectivity index (χ1v) is 6.21. The van der Waals surface area contributed by atoms with E-state index in [2.05, 4.69) is 0 Å². The van der Waals surface area contributed by atoms with Crippen molar-refractivity contribution in [2.24, 2.45) is 5.41 Å². The molecule has 0 radical (unpaired) electrons. The Bertz CT molecular complexity index is 288. The van der Waals surface area contributed by atoms with E-state index in [1.165, 1.54) is 4.90 Å². The molecule has 1 amide bonds. The summed E-state index contributed by atoms with van der Waals surface area (Å²) in [5, 5.41) is 9.37. The van der Waals surface area contributed by atoms with E-state index in [-0.39, 0.29) is 6.54 Å². The van der Waals surface area contributed by atoms with Crippen LogP contribution in [0.5, 0.6) is 0 Å². The minimum atomic E-state index is -0.798. The summed E-state index contributed by atoms with van der Waals surface area (Å²) in [5.74, 6) is -0.798. The smallest absolute Gasteiger partial charge is 0.409 e. The maximum absolute atomic E-state index is 11.6. The van der Waals surface area contributed by atoms with Crippen LogP contribution < -0.4 is 0 Å². The number of rotatable bonds is 4. The quantitative estimate of drug-likeness (QED) is 0.821. The first kappa shape index (κ1) is 13.8. The number of carboxylic acids is 1. The minimum Gasteiger partial charge on any atom is -0.481 e. The van der Waals surface area contributed by atoms with Crippen molar-refractivity contribution in [1.29, 1.82) is 0 Å². The molecule has 1 saturated heterocycles. The molecule has 1 aliphatic rings. The van der Waals surface area contributed by atoms with Gasteiger partial charge < -0.3 is 14.7 Å². The first-order valence-electron chi connectivity index (χ1n) is 6.21. The van der Waals surface area contributed by atoms with Crippen LogP contribution in [-0.4, -0.2) is 41.8 Å². The lowest BCUT2D eigenvalue weighted by Crippen LogP contribution is -2.50. The maximum atomic E-state index is 11.6. The summed E-state index contributed by atoms with van der Waals surface area (Å²) in [5.41, 5.74) is -0.778. The Kier molecular flexibility index (Phi) is 4.78. The standard InChI is InChI=1S/C12H21NO4/c1-3-6-12(10(14)15)7-5-8-13(9-12)11(16)17-4-2/h3-9H2,1-2H3,(H,14,15). The van der Waals surface area contributed by atoms with E-state index in [0.717, 1.165) is 12.8 Å². The van der Waals surface area contributed by atoms with Crippen molar-refractivity contribution in [3.8, 4) is 0 Å². The van der Waals surface area contributed by atoms with Crippen molar-refractivity contribution in [1.82, 2.24) is 4.90 Å². The van der Waals surface area contributed by atoms with Gasteiger partial charge in [-0.25, -0.2) is 4.79 Å². The predicted molar refractivity (Wildman–Crippen MR) is 62.8 cm³/mol. The number of hydrogen-bond donors (Lipinski definition) is 1. The van der Waals surface area contributed by atoms with E-state index in [1.807, 2.05) is 6.92 Å². The Labute approximate surface area is 102 Å². The van der Waals surface area contributed by atoms with Crippen LogP contribution in [0.3, 0.4) is 0 Å². The number of piperidine rings is 1. The second-order valence-corrected chi connectivity index (χ2v) is 4.56. The van der Waals surface area contributed by atoms with Gasteiger partial charge in [0.25, 0.3) is 0 Å². The monoisotopic (exact) mass is 243 g/mol. The van der Waals surface area contributed by atoms with Gasteiger partial charge in [0.2, 0.25) is 0 Å². The third-order valence-corrected chi connectivity index (χ3v) is 3.29. The summed E-state index contributed by atoms with van der Waals surface area (Å²) in [6.07, 6.45) is 2.40. The highest BCUT2D eigenvalue weighted by molar-refractivity contribution is 5.77. The third kappa shape index (κ3) is 3.11. The van der Waals surface area contributed by atoms with Gasteiger partial charge in [-0.3, -0.25) is 4.79 Å². The molecule has 17 heavy (non-hydrogen) atoms. The lowest BCUT2D eigenvalue weighted by Gasteiger charge is -2.39. The molecule has 5 nitrogen and oxygen atoms in total. The van der Waals surface area contributed by atoms with Crippen LogP contribution in [0.1, 0.15) is 39.5 Å². The Balaban J connectivity index is 2.74. The Hall–Kier alpha value is -1.26. The largest absolute Gasteiger partial charge is 0.481 e. The summed E-state index contributed by atoms with van der Waals surface area (Å²) in [6.45, 7) is 4.90. The number of likely N-dealkylation sites (tertiary alicyclic amines) is 1. The van der Waals surface area contributed by atoms with E-state index in [9.17, 15) is 14.7 Å². The van der Waals surface area contributed by atoms with Gasteiger partial charge in [0.05, 0.1) is 12.0 Å². The van der Waals surface area contributed by atoms with Crippen LogP contribution in [0.25, 0.3) is 0 Å². The summed E-state index contributed by atoms with van der Waals surface area (Å²) in [4.78, 5) is 24.6. The second-order valence-electron chi connectivity index (χ2n) is 4.56. The first-order chi connectivity index (χ1) is 8.05. The van der Waals surface area contributed by atoms with Gasteiger partial charge in [-0.05, 0) is 26.2 Å². The summed E-state index contributed by atoms with van der Waals surface area (Å²) < 4.78 is 4.93. The van der Waals surface area contributed by atoms with Crippen LogP contribution in [0, 0.1) is 5.41 Å². The highest BCUT2D eigenvalue weighted by atomic mass is 16.6. The van der Waals surface area contributed by atoms with Gasteiger partial charge in [0, 0.05) is 13.1 Å². The molecule has 5 heteroatoms. The van der Waals surface area contributed by atoms with E-state index < -0.39 is 17.5 Å². The normalized spacial score (nSPS) is 24.5. The predicted octanol–water partition coefficient (Wildman–Crippen LogP) is 2.11. The third-order valence-electron chi connectivity index (χ3n) is 3.29. The van der Waals surface area contributed by atoms with Crippen molar-refractivity contribution in [3.05, 3.63) is 0 Å². The second kappa shape index (κ2) is 5.89. The molecule has 0 saturated carbocycles. The number of ether oxygens (including phenoxy) is 1. The molecule has 1 rings (SSSR count). The van der Waals surface area contributed by atoms with Crippen molar-refractivity contribution in [2.45, 2.75) is 39.5 Å². The van der Waals surface area contributed by atoms with Gasteiger partial charge in [-0.2, -0.15) is 0 Å². The van der Waals surface area contributed by atoms with Crippen LogP contribution in [0.15, 0.2) is 0 Å². The van der Waals surface area contributed by atoms with Crippen molar-refractivity contribution in [3.63, 3.8) is 0 Å². The molecule has 0 aromatic rings. The fourth-order valence-electron chi connectivity index (χ4n) is 2.47. The molecule has 0 aromatic carbocycles. The molecular formula is C12H21NO4. The Morgan fingerprint density at radius 2 is 2.12 bits per heavy atom. The maximum Gasteiger partial charge on any atom is 0.409 e. The number of nitrogens with zero attached hydrogens (tertiary/aromatic N) is 1. The molecule has 1 aliphatic heterocycles. The minimum absolute atomic E-state index is 0.273. The fourth-order valence-corrected chi connectivity index (χ4v) is 2.47. The molecular weight excluding hydrogens is 222 g/mol. The average molecular weight is 243 g/mol. The summed E-state index contributed by atoms with van der Waals surface area (Å²) in [6, 6.07) is 0. The highest BCUT2D eigenvalue weighted by Gasteiger charge is 2.43. The van der Waals surface area contributed by atoms with Gasteiger partial charge in [0.15, 0.2) is 0 Å². The number of carboxylic acid groups (broad SMARTS) is 1. The molecule has 0 spiro atoms. The molecule has 1 N–H and O–H groups in total. The SMILES string of the molecule is CCCC1(C(=O)O)CCCN(C(=O)OCC)C1. The fraction of sp³-hybridized carbons (Fsp3) is 0.833. The molecule has 1 unspecified atom stereocenters. The van der Waals surface area contributed by atoms with E-state index >= 15 is 0 Å². The number of aliphatic carboxylic acids is 1. The van der Waals surface area contributed by atoms with Gasteiger partial charge in [-0.15, -0.1) is 0 Å². The van der Waals surface area contributed by atoms with Gasteiger partial charge in [0.1, 0.15) is 0 Å². The topological polar surface area (TPSA) is 66.8 Å². The van der Waals surface area contributed by atoms with Crippen LogP contribution >= 0.6 is 0 Å².